The van der Waals surface area contributed by atoms with Crippen molar-refractivity contribution in [2.75, 3.05) is 6.54 Å². The van der Waals surface area contributed by atoms with Crippen LogP contribution in [-0.2, 0) is 28.8 Å². The number of hydrogen-bond acceptors (Lipinski definition) is 8. The second-order valence-corrected chi connectivity index (χ2v) is 5.77. The average Bonchev–Trinajstić information content (AvgIpc) is 2.56. The lowest BCUT2D eigenvalue weighted by molar-refractivity contribution is -0.143. The van der Waals surface area contributed by atoms with Crippen LogP contribution in [0.15, 0.2) is 0 Å². The van der Waals surface area contributed by atoms with E-state index < -0.39 is 79.2 Å². The molecule has 0 aromatic carbocycles. The fourth-order valence-corrected chi connectivity index (χ4v) is 1.81. The highest BCUT2D eigenvalue weighted by molar-refractivity contribution is 5.95. The number of nitrogens with two attached hydrogens (primary N) is 2. The number of aliphatic hydroxyl groups excluding tert-OH is 1. The number of carboxylic acids is 2. The molecule has 14 heteroatoms. The molecule has 0 aliphatic heterocycles. The molecule has 0 fully saturated rings. The number of carbonyl (C=O) groups is 6. The zero-order valence-electron chi connectivity index (χ0n) is 14.9. The van der Waals surface area contributed by atoms with Crippen LogP contribution in [0.4, 0.5) is 0 Å². The minimum absolute atomic E-state index is 0.677. The number of nitrogens with one attached hydrogen (secondary N) is 3. The van der Waals surface area contributed by atoms with Crippen molar-refractivity contribution in [3.63, 3.8) is 0 Å². The van der Waals surface area contributed by atoms with Crippen LogP contribution in [0.5, 0.6) is 0 Å². The van der Waals surface area contributed by atoms with Crippen molar-refractivity contribution in [2.24, 2.45) is 11.5 Å². The van der Waals surface area contributed by atoms with Gasteiger partial charge in [0.05, 0.1) is 25.5 Å². The molecule has 0 radical (unpaired) electrons. The molecule has 4 amide bonds. The largest absolute Gasteiger partial charge is 0.481 e. The second kappa shape index (κ2) is 11.5. The summed E-state index contributed by atoms with van der Waals surface area (Å²) in [6.45, 7) is 0.446. The quantitative estimate of drug-likeness (QED) is 0.154. The Balaban J connectivity index is 4.87. The van der Waals surface area contributed by atoms with Crippen molar-refractivity contribution in [1.29, 1.82) is 0 Å². The first-order valence-electron chi connectivity index (χ1n) is 7.89. The lowest BCUT2D eigenvalue weighted by atomic mass is 10.1. The summed E-state index contributed by atoms with van der Waals surface area (Å²) in [5.74, 6) is -7.00. The van der Waals surface area contributed by atoms with Gasteiger partial charge in [0.2, 0.25) is 23.6 Å². The van der Waals surface area contributed by atoms with Crippen LogP contribution in [0.1, 0.15) is 19.8 Å². The van der Waals surface area contributed by atoms with E-state index in [-0.39, 0.29) is 0 Å². The van der Waals surface area contributed by atoms with Gasteiger partial charge in [0, 0.05) is 0 Å². The van der Waals surface area contributed by atoms with Crippen LogP contribution >= 0.6 is 0 Å². The Morgan fingerprint density at radius 1 is 0.929 bits per heavy atom. The SMILES string of the molecule is CC(O)C(N)C(=O)NC(CC(=O)O)C(=O)NCC(=O)NC(CC(N)=O)C(=O)O. The van der Waals surface area contributed by atoms with E-state index in [1.54, 1.807) is 0 Å². The molecular formula is C14H23N5O9. The van der Waals surface area contributed by atoms with Crippen LogP contribution < -0.4 is 27.4 Å². The molecule has 0 heterocycles. The Hall–Kier alpha value is -3.26. The van der Waals surface area contributed by atoms with Gasteiger partial charge in [-0.05, 0) is 6.92 Å². The van der Waals surface area contributed by atoms with Gasteiger partial charge in [-0.2, -0.15) is 0 Å². The third-order valence-corrected chi connectivity index (χ3v) is 3.30. The van der Waals surface area contributed by atoms with Crippen molar-refractivity contribution in [1.82, 2.24) is 16.0 Å². The molecule has 0 saturated carbocycles. The van der Waals surface area contributed by atoms with E-state index in [2.05, 4.69) is 0 Å². The van der Waals surface area contributed by atoms with Gasteiger partial charge in [-0.1, -0.05) is 0 Å². The lowest BCUT2D eigenvalue weighted by Crippen LogP contribution is -2.56. The fourth-order valence-electron chi connectivity index (χ4n) is 1.81. The molecule has 28 heavy (non-hydrogen) atoms. The Bertz CT molecular complexity index is 637. The van der Waals surface area contributed by atoms with E-state index >= 15 is 0 Å². The number of rotatable bonds is 12. The van der Waals surface area contributed by atoms with Crippen molar-refractivity contribution in [3.8, 4) is 0 Å². The van der Waals surface area contributed by atoms with Crippen molar-refractivity contribution < 1.29 is 44.1 Å². The number of carbonyl (C=O) groups excluding carboxylic acids is 4. The highest BCUT2D eigenvalue weighted by Crippen LogP contribution is 1.97. The van der Waals surface area contributed by atoms with Crippen molar-refractivity contribution >= 4 is 35.6 Å². The van der Waals surface area contributed by atoms with E-state index in [9.17, 15) is 33.9 Å². The molecule has 0 aromatic heterocycles. The van der Waals surface area contributed by atoms with E-state index in [0.717, 1.165) is 0 Å². The third-order valence-electron chi connectivity index (χ3n) is 3.30. The van der Waals surface area contributed by atoms with Gasteiger partial charge < -0.3 is 42.7 Å². The molecule has 10 N–H and O–H groups in total. The first kappa shape index (κ1) is 24.7. The zero-order valence-corrected chi connectivity index (χ0v) is 14.9. The molecule has 0 aliphatic rings. The summed E-state index contributed by atoms with van der Waals surface area (Å²) >= 11 is 0. The molecule has 4 unspecified atom stereocenters. The van der Waals surface area contributed by atoms with Gasteiger partial charge in [0.25, 0.3) is 0 Å². The number of amides is 4. The molecule has 0 aromatic rings. The number of aliphatic carboxylic acids is 2. The highest BCUT2D eigenvalue weighted by Gasteiger charge is 2.28. The van der Waals surface area contributed by atoms with Crippen molar-refractivity contribution in [3.05, 3.63) is 0 Å². The first-order valence-corrected chi connectivity index (χ1v) is 7.89. The van der Waals surface area contributed by atoms with Gasteiger partial charge in [-0.15, -0.1) is 0 Å². The molecule has 0 aliphatic carbocycles. The molecule has 0 bridgehead atoms. The number of aliphatic hydroxyl groups is 1. The molecule has 158 valence electrons. The predicted molar refractivity (Wildman–Crippen MR) is 90.2 cm³/mol. The standard InChI is InChI=1S/C14H23N5O9/c1-5(20)11(16)13(26)19-6(3-10(23)24)12(25)17-4-9(22)18-7(14(27)28)2-8(15)21/h5-7,11,20H,2-4,16H2,1H3,(H2,15,21)(H,17,25)(H,18,22)(H,19,26)(H,23,24)(H,27,28). The fraction of sp³-hybridized carbons (Fsp3) is 0.571. The molecule has 0 spiro atoms. The Morgan fingerprint density at radius 2 is 1.50 bits per heavy atom. The second-order valence-electron chi connectivity index (χ2n) is 5.77. The maximum atomic E-state index is 12.0. The van der Waals surface area contributed by atoms with Crippen molar-refractivity contribution in [2.45, 2.75) is 44.0 Å². The van der Waals surface area contributed by atoms with Crippen LogP contribution in [0.3, 0.4) is 0 Å². The monoisotopic (exact) mass is 405 g/mol. The summed E-state index contributed by atoms with van der Waals surface area (Å²) in [7, 11) is 0. The van der Waals surface area contributed by atoms with Gasteiger partial charge in [-0.3, -0.25) is 24.0 Å². The number of primary amides is 1. The minimum Gasteiger partial charge on any atom is -0.481 e. The summed E-state index contributed by atoms with van der Waals surface area (Å²) in [6.07, 6.45) is -2.78. The highest BCUT2D eigenvalue weighted by atomic mass is 16.4. The van der Waals surface area contributed by atoms with E-state index in [1.165, 1.54) is 6.92 Å². The lowest BCUT2D eigenvalue weighted by Gasteiger charge is -2.20. The minimum atomic E-state index is -1.61. The van der Waals surface area contributed by atoms with E-state index in [4.69, 9.17) is 21.7 Å². The number of carboxylic acid groups (broad SMARTS) is 2. The topological polar surface area (TPSA) is 251 Å². The number of hydrogen-bond donors (Lipinski definition) is 8. The molecular weight excluding hydrogens is 382 g/mol. The molecule has 0 rings (SSSR count). The van der Waals surface area contributed by atoms with Crippen LogP contribution in [0, 0.1) is 0 Å². The summed E-state index contributed by atoms with van der Waals surface area (Å²) in [6, 6.07) is -4.64. The average molecular weight is 405 g/mol. The van der Waals surface area contributed by atoms with Gasteiger partial charge >= 0.3 is 11.9 Å². The summed E-state index contributed by atoms with van der Waals surface area (Å²) < 4.78 is 0. The van der Waals surface area contributed by atoms with Crippen LogP contribution in [-0.4, -0.2) is 81.7 Å². The maximum absolute atomic E-state index is 12.0. The molecule has 4 atom stereocenters. The van der Waals surface area contributed by atoms with E-state index in [1.807, 2.05) is 16.0 Å². The third kappa shape index (κ3) is 9.44. The van der Waals surface area contributed by atoms with Crippen LogP contribution in [0.2, 0.25) is 0 Å². The van der Waals surface area contributed by atoms with Gasteiger partial charge in [0.1, 0.15) is 18.1 Å². The first-order chi connectivity index (χ1) is 12.8. The molecule has 14 nitrogen and oxygen atoms in total. The Morgan fingerprint density at radius 3 is 1.93 bits per heavy atom. The van der Waals surface area contributed by atoms with Crippen LogP contribution in [0.25, 0.3) is 0 Å². The summed E-state index contributed by atoms with van der Waals surface area (Å²) in [4.78, 5) is 68.1. The maximum Gasteiger partial charge on any atom is 0.326 e. The van der Waals surface area contributed by atoms with Gasteiger partial charge in [-0.25, -0.2) is 4.79 Å². The van der Waals surface area contributed by atoms with E-state index in [0.29, 0.717) is 0 Å². The Labute approximate surface area is 158 Å². The smallest absolute Gasteiger partial charge is 0.326 e. The summed E-state index contributed by atoms with van der Waals surface area (Å²) in [5, 5.41) is 33.0. The van der Waals surface area contributed by atoms with Gasteiger partial charge in [0.15, 0.2) is 0 Å². The zero-order chi connectivity index (χ0) is 22.0. The normalized spacial score (nSPS) is 14.7. The molecule has 0 saturated heterocycles. The summed E-state index contributed by atoms with van der Waals surface area (Å²) in [5.41, 5.74) is 10.2. The predicted octanol–water partition coefficient (Wildman–Crippen LogP) is -4.78. The Kier molecular flexibility index (Phi) is 10.1.